The number of amides is 2. The van der Waals surface area contributed by atoms with Gasteiger partial charge in [-0.3, -0.25) is 9.59 Å². The summed E-state index contributed by atoms with van der Waals surface area (Å²) in [5, 5.41) is 9.53. The number of aryl methyl sites for hydroxylation is 1. The van der Waals surface area contributed by atoms with Gasteiger partial charge < -0.3 is 19.6 Å². The highest BCUT2D eigenvalue weighted by atomic mass is 19.4. The minimum Gasteiger partial charge on any atom is -0.494 e. The highest BCUT2D eigenvalue weighted by molar-refractivity contribution is 5.87. The molecule has 1 rings (SSSR count). The van der Waals surface area contributed by atoms with Crippen molar-refractivity contribution in [3.05, 3.63) is 29.3 Å². The molecule has 0 unspecified atom stereocenters. The molecule has 0 aliphatic rings. The number of likely N-dealkylation sites (N-methyl/N-ethyl adjacent to an activating group) is 2. The fraction of sp³-hybridized carbons (Fsp3) is 0.619. The van der Waals surface area contributed by atoms with Crippen molar-refractivity contribution in [2.75, 3.05) is 27.2 Å². The molecule has 0 saturated heterocycles. The van der Waals surface area contributed by atoms with Gasteiger partial charge in [0.25, 0.3) is 5.60 Å². The minimum atomic E-state index is -5.96. The van der Waals surface area contributed by atoms with Crippen molar-refractivity contribution in [1.29, 1.82) is 0 Å². The van der Waals surface area contributed by atoms with Crippen molar-refractivity contribution >= 4 is 12.3 Å². The number of rotatable bonds is 10. The third-order valence-corrected chi connectivity index (χ3v) is 5.47. The second-order valence-corrected chi connectivity index (χ2v) is 8.24. The van der Waals surface area contributed by atoms with Crippen molar-refractivity contribution in [3.63, 3.8) is 0 Å². The highest BCUT2D eigenvalue weighted by Crippen LogP contribution is 2.51. The maximum absolute atomic E-state index is 13.1. The van der Waals surface area contributed by atoms with E-state index in [1.807, 2.05) is 0 Å². The third-order valence-electron chi connectivity index (χ3n) is 5.47. The first kappa shape index (κ1) is 28.5. The molecule has 0 aliphatic heterocycles. The van der Waals surface area contributed by atoms with Crippen LogP contribution in [0.1, 0.15) is 37.8 Å². The summed E-state index contributed by atoms with van der Waals surface area (Å²) in [7, 11) is 3.07. The van der Waals surface area contributed by atoms with Crippen LogP contribution >= 0.6 is 0 Å². The van der Waals surface area contributed by atoms with Gasteiger partial charge in [-0.15, -0.1) is 0 Å². The fourth-order valence-electron chi connectivity index (χ4n) is 3.09. The zero-order chi connectivity index (χ0) is 25.8. The van der Waals surface area contributed by atoms with Crippen LogP contribution in [0.3, 0.4) is 0 Å². The van der Waals surface area contributed by atoms with E-state index in [-0.39, 0.29) is 18.3 Å². The van der Waals surface area contributed by atoms with Crippen molar-refractivity contribution in [2.45, 2.75) is 57.1 Å². The van der Waals surface area contributed by atoms with E-state index in [4.69, 9.17) is 4.74 Å². The van der Waals surface area contributed by atoms with E-state index >= 15 is 0 Å². The number of nitrogens with zero attached hydrogens (tertiary/aromatic N) is 2. The Bertz CT molecular complexity index is 825. The number of hydrogen-bond donors (Lipinski definition) is 1. The summed E-state index contributed by atoms with van der Waals surface area (Å²) in [6, 6.07) is 2.47. The van der Waals surface area contributed by atoms with Gasteiger partial charge in [0.1, 0.15) is 11.3 Å². The van der Waals surface area contributed by atoms with Gasteiger partial charge in [0.05, 0.1) is 6.61 Å². The Balaban J connectivity index is 2.72. The molecule has 0 bridgehead atoms. The summed E-state index contributed by atoms with van der Waals surface area (Å²) in [6.07, 6.45) is -10.4. The van der Waals surface area contributed by atoms with Crippen LogP contribution in [0.15, 0.2) is 18.2 Å². The van der Waals surface area contributed by atoms with Gasteiger partial charge in [-0.1, -0.05) is 6.07 Å². The fourth-order valence-corrected chi connectivity index (χ4v) is 3.09. The van der Waals surface area contributed by atoms with Crippen molar-refractivity contribution in [3.8, 4) is 5.75 Å². The first-order chi connectivity index (χ1) is 14.9. The number of ether oxygens (including phenoxy) is 1. The first-order valence-corrected chi connectivity index (χ1v) is 9.94. The molecule has 2 amide bonds. The van der Waals surface area contributed by atoms with Crippen LogP contribution in [0.4, 0.5) is 26.3 Å². The molecule has 188 valence electrons. The van der Waals surface area contributed by atoms with E-state index in [2.05, 4.69) is 0 Å². The van der Waals surface area contributed by atoms with Gasteiger partial charge in [-0.2, -0.15) is 26.3 Å². The molecule has 0 spiro atoms. The maximum atomic E-state index is 13.1. The van der Waals surface area contributed by atoms with Crippen LogP contribution < -0.4 is 4.74 Å². The molecule has 33 heavy (non-hydrogen) atoms. The van der Waals surface area contributed by atoms with E-state index in [0.717, 1.165) is 19.1 Å². The Kier molecular flexibility index (Phi) is 8.81. The average Bonchev–Trinajstić information content (AvgIpc) is 2.69. The second kappa shape index (κ2) is 10.2. The quantitative estimate of drug-likeness (QED) is 0.311. The van der Waals surface area contributed by atoms with Gasteiger partial charge in [0, 0.05) is 26.2 Å². The first-order valence-electron chi connectivity index (χ1n) is 9.94. The van der Waals surface area contributed by atoms with E-state index in [1.54, 1.807) is 20.9 Å². The van der Waals surface area contributed by atoms with Crippen LogP contribution in [0, 0.1) is 6.92 Å². The second-order valence-electron chi connectivity index (χ2n) is 8.24. The van der Waals surface area contributed by atoms with Gasteiger partial charge in [-0.25, -0.2) is 0 Å². The molecule has 0 saturated carbocycles. The Morgan fingerprint density at radius 1 is 1.06 bits per heavy atom. The molecule has 1 N–H and O–H groups in total. The third kappa shape index (κ3) is 6.10. The number of aliphatic hydroxyl groups is 1. The van der Waals surface area contributed by atoms with Crippen molar-refractivity contribution in [1.82, 2.24) is 9.80 Å². The van der Waals surface area contributed by atoms with Crippen LogP contribution in [-0.2, 0) is 15.2 Å². The molecule has 0 atom stereocenters. The molecule has 0 aromatic heterocycles. The number of alkyl halides is 6. The number of carbonyl (C=O) groups excluding carboxylic acids is 2. The lowest BCUT2D eigenvalue weighted by Gasteiger charge is -2.34. The predicted octanol–water partition coefficient (Wildman–Crippen LogP) is 3.79. The predicted molar refractivity (Wildman–Crippen MR) is 107 cm³/mol. The van der Waals surface area contributed by atoms with Gasteiger partial charge in [-0.05, 0) is 51.3 Å². The van der Waals surface area contributed by atoms with E-state index in [1.165, 1.54) is 16.8 Å². The molecule has 12 heteroatoms. The van der Waals surface area contributed by atoms with Crippen LogP contribution in [0.25, 0.3) is 0 Å². The summed E-state index contributed by atoms with van der Waals surface area (Å²) in [4.78, 5) is 26.1. The van der Waals surface area contributed by atoms with Crippen molar-refractivity contribution < 1.29 is 45.8 Å². The molecule has 6 nitrogen and oxygen atoms in total. The summed E-state index contributed by atoms with van der Waals surface area (Å²) in [5.74, 6) is -0.229. The number of halogens is 6. The lowest BCUT2D eigenvalue weighted by atomic mass is 9.88. The van der Waals surface area contributed by atoms with Gasteiger partial charge in [0.15, 0.2) is 0 Å². The maximum Gasteiger partial charge on any atom is 0.430 e. The SMILES string of the molecule is Cc1cc(OCCCCN(C)C(=O)C(C)(C)N(C)C=O)ccc1C(O)(C(F)(F)F)C(F)(F)F. The zero-order valence-electron chi connectivity index (χ0n) is 19.0. The number of carbonyl (C=O) groups is 2. The molecule has 0 fully saturated rings. The Labute approximate surface area is 188 Å². The molecule has 1 aromatic rings. The Morgan fingerprint density at radius 2 is 1.61 bits per heavy atom. The van der Waals surface area contributed by atoms with E-state index in [9.17, 15) is 41.0 Å². The van der Waals surface area contributed by atoms with Crippen LogP contribution in [0.2, 0.25) is 0 Å². The van der Waals surface area contributed by atoms with Crippen molar-refractivity contribution in [2.24, 2.45) is 0 Å². The monoisotopic (exact) mass is 486 g/mol. The summed E-state index contributed by atoms with van der Waals surface area (Å²) < 4.78 is 83.8. The zero-order valence-corrected chi connectivity index (χ0v) is 19.0. The molecular formula is C21H28F6N2O4. The Morgan fingerprint density at radius 3 is 2.06 bits per heavy atom. The molecule has 0 radical (unpaired) electrons. The average molecular weight is 486 g/mol. The van der Waals surface area contributed by atoms with Crippen LogP contribution in [0.5, 0.6) is 5.75 Å². The normalized spacial score (nSPS) is 13.0. The lowest BCUT2D eigenvalue weighted by molar-refractivity contribution is -0.376. The smallest absolute Gasteiger partial charge is 0.430 e. The van der Waals surface area contributed by atoms with E-state index < -0.39 is 34.6 Å². The molecule has 0 heterocycles. The lowest BCUT2D eigenvalue weighted by Crippen LogP contribution is -2.54. The van der Waals surface area contributed by atoms with Gasteiger partial charge >= 0.3 is 12.4 Å². The standard InChI is InChI=1S/C21H28F6N2O4/c1-14-12-15(8-9-16(14)19(32,20(22,23)24)21(25,26)27)33-11-7-6-10-28(4)17(31)18(2,3)29(5)13-30/h8-9,12-13,32H,6-7,10-11H2,1-5H3. The Hall–Kier alpha value is -2.50. The summed E-state index contributed by atoms with van der Waals surface area (Å²) in [6.45, 7) is 4.67. The highest BCUT2D eigenvalue weighted by Gasteiger charge is 2.71. The number of unbranched alkanes of at least 4 members (excludes halogenated alkanes) is 1. The molecule has 1 aromatic carbocycles. The summed E-state index contributed by atoms with van der Waals surface area (Å²) >= 11 is 0. The van der Waals surface area contributed by atoms with E-state index in [0.29, 0.717) is 31.9 Å². The number of benzene rings is 1. The molecule has 0 aliphatic carbocycles. The molecular weight excluding hydrogens is 458 g/mol. The van der Waals surface area contributed by atoms with Gasteiger partial charge in [0.2, 0.25) is 12.3 Å². The largest absolute Gasteiger partial charge is 0.494 e. The number of hydrogen-bond acceptors (Lipinski definition) is 4. The summed E-state index contributed by atoms with van der Waals surface area (Å²) in [5.41, 5.74) is -7.78. The van der Waals surface area contributed by atoms with Crippen LogP contribution in [-0.4, -0.2) is 72.4 Å². The minimum absolute atomic E-state index is 0.0427. The topological polar surface area (TPSA) is 70.1 Å².